The summed E-state index contributed by atoms with van der Waals surface area (Å²) in [5, 5.41) is 17.9. The average molecular weight is 296 g/mol. The molecule has 0 saturated heterocycles. The summed E-state index contributed by atoms with van der Waals surface area (Å²) in [5.74, 6) is -0.647. The molecule has 0 aliphatic carbocycles. The van der Waals surface area contributed by atoms with Crippen LogP contribution in [0.3, 0.4) is 0 Å². The molecule has 3 N–H and O–H groups in total. The van der Waals surface area contributed by atoms with Crippen LogP contribution in [-0.4, -0.2) is 32.5 Å². The third-order valence-electron chi connectivity index (χ3n) is 2.44. The summed E-state index contributed by atoms with van der Waals surface area (Å²) in [7, 11) is -4.58. The number of amides is 1. The summed E-state index contributed by atoms with van der Waals surface area (Å²) < 4.78 is 11.4. The Bertz CT molecular complexity index is 612. The molecule has 7 nitrogen and oxygen atoms in total. The Morgan fingerprint density at radius 2 is 1.95 bits per heavy atom. The molecule has 0 radical (unpaired) electrons. The van der Waals surface area contributed by atoms with Crippen LogP contribution in [0.4, 0.5) is 0 Å². The minimum Gasteiger partial charge on any atom is -0.321 e. The van der Waals surface area contributed by atoms with Crippen molar-refractivity contribution in [1.29, 1.82) is 5.26 Å². The second-order valence-corrected chi connectivity index (χ2v) is 5.49. The Kier molecular flexibility index (Phi) is 5.19. The average Bonchev–Trinajstić information content (AvgIpc) is 2.37. The highest BCUT2D eigenvalue weighted by Crippen LogP contribution is 2.50. The summed E-state index contributed by atoms with van der Waals surface area (Å²) in [6.45, 7) is 0.766. The smallest absolute Gasteiger partial charge is 0.321 e. The van der Waals surface area contributed by atoms with E-state index in [1.54, 1.807) is 0 Å². The van der Waals surface area contributed by atoms with E-state index in [0.717, 1.165) is 13.0 Å². The van der Waals surface area contributed by atoms with Crippen molar-refractivity contribution >= 4 is 18.8 Å². The van der Waals surface area contributed by atoms with Gasteiger partial charge in [0.25, 0.3) is 0 Å². The highest BCUT2D eigenvalue weighted by molar-refractivity contribution is 7.63. The van der Waals surface area contributed by atoms with Crippen molar-refractivity contribution in [2.75, 3.05) is 6.54 Å². The number of nitriles is 1. The van der Waals surface area contributed by atoms with Crippen molar-refractivity contribution in [3.8, 4) is 6.07 Å². The molecule has 0 fully saturated rings. The van der Waals surface area contributed by atoms with Gasteiger partial charge in [0, 0.05) is 6.92 Å². The van der Waals surface area contributed by atoms with Gasteiger partial charge in [-0.05, 0) is 23.8 Å². The molecule has 8 heteroatoms. The minimum absolute atomic E-state index is 0.217. The quantitative estimate of drug-likeness (QED) is 0.437. The predicted molar refractivity (Wildman–Crippen MR) is 70.4 cm³/mol. The van der Waals surface area contributed by atoms with Crippen LogP contribution >= 0.6 is 7.60 Å². The Balaban J connectivity index is 3.13. The Morgan fingerprint density at radius 1 is 1.40 bits per heavy atom. The maximum Gasteiger partial charge on any atom is 0.356 e. The molecule has 0 unspecified atom stereocenters. The van der Waals surface area contributed by atoms with Gasteiger partial charge >= 0.3 is 7.60 Å². The molecular formula is C12H13N2O5P. The van der Waals surface area contributed by atoms with Gasteiger partial charge in [0.1, 0.15) is 0 Å². The van der Waals surface area contributed by atoms with Gasteiger partial charge in [-0.1, -0.05) is 12.1 Å². The predicted octanol–water partition coefficient (Wildman–Crippen LogP) is 1.31. The van der Waals surface area contributed by atoms with Crippen LogP contribution < -0.4 is 0 Å². The van der Waals surface area contributed by atoms with Crippen LogP contribution in [0.25, 0.3) is 5.31 Å². The number of carbonyl (C=O) groups is 1. The molecule has 1 amide bonds. The first-order valence-corrected chi connectivity index (χ1v) is 7.10. The lowest BCUT2D eigenvalue weighted by molar-refractivity contribution is -0.160. The Labute approximate surface area is 115 Å². The zero-order valence-electron chi connectivity index (χ0n) is 10.6. The van der Waals surface area contributed by atoms with E-state index in [0.29, 0.717) is 10.6 Å². The first-order chi connectivity index (χ1) is 9.25. The molecule has 20 heavy (non-hydrogen) atoms. The van der Waals surface area contributed by atoms with Crippen LogP contribution in [0.1, 0.15) is 18.1 Å². The lowest BCUT2D eigenvalue weighted by Gasteiger charge is -2.13. The standard InChI is InChI=1S/C12H13N2O5P/c1-9(15)14(16)7-6-12(20(17,18)19)11-4-2-10(8-13)3-5-11/h2-6,16H,7H2,1H3,(H2,17,18,19)/b12-6+. The van der Waals surface area contributed by atoms with E-state index in [1.807, 2.05) is 6.07 Å². The van der Waals surface area contributed by atoms with Crippen LogP contribution in [-0.2, 0) is 9.36 Å². The van der Waals surface area contributed by atoms with Gasteiger partial charge in [0.15, 0.2) is 0 Å². The minimum atomic E-state index is -4.58. The number of carbonyl (C=O) groups excluding carboxylic acids is 1. The monoisotopic (exact) mass is 296 g/mol. The van der Waals surface area contributed by atoms with Gasteiger partial charge < -0.3 is 9.79 Å². The van der Waals surface area contributed by atoms with E-state index in [4.69, 9.17) is 5.26 Å². The third-order valence-corrected chi connectivity index (χ3v) is 3.51. The van der Waals surface area contributed by atoms with Gasteiger partial charge in [-0.15, -0.1) is 0 Å². The van der Waals surface area contributed by atoms with Crippen molar-refractivity contribution in [2.24, 2.45) is 0 Å². The fourth-order valence-corrected chi connectivity index (χ4v) is 2.23. The van der Waals surface area contributed by atoms with Gasteiger partial charge in [0.2, 0.25) is 5.91 Å². The third kappa shape index (κ3) is 4.30. The summed E-state index contributed by atoms with van der Waals surface area (Å²) in [5.41, 5.74) is 0.570. The number of hydrogen-bond acceptors (Lipinski definition) is 4. The number of hydroxylamine groups is 2. The number of nitrogens with zero attached hydrogens (tertiary/aromatic N) is 2. The van der Waals surface area contributed by atoms with E-state index >= 15 is 0 Å². The van der Waals surface area contributed by atoms with Crippen molar-refractivity contribution in [2.45, 2.75) is 6.92 Å². The zero-order valence-corrected chi connectivity index (χ0v) is 11.5. The topological polar surface area (TPSA) is 122 Å². The van der Waals surface area contributed by atoms with Crippen molar-refractivity contribution in [3.05, 3.63) is 41.5 Å². The van der Waals surface area contributed by atoms with E-state index in [2.05, 4.69) is 0 Å². The van der Waals surface area contributed by atoms with E-state index in [9.17, 15) is 24.4 Å². The number of hydrogen-bond donors (Lipinski definition) is 3. The van der Waals surface area contributed by atoms with E-state index < -0.39 is 13.5 Å². The second kappa shape index (κ2) is 6.46. The van der Waals surface area contributed by atoms with Crippen molar-refractivity contribution in [3.63, 3.8) is 0 Å². The SMILES string of the molecule is CC(=O)N(O)C/C=C(\c1ccc(C#N)cc1)P(=O)(O)O. The lowest BCUT2D eigenvalue weighted by atomic mass is 10.1. The molecule has 0 bridgehead atoms. The molecule has 0 aromatic heterocycles. The Morgan fingerprint density at radius 3 is 2.35 bits per heavy atom. The highest BCUT2D eigenvalue weighted by Gasteiger charge is 2.22. The van der Waals surface area contributed by atoms with Crippen LogP contribution in [0, 0.1) is 11.3 Å². The van der Waals surface area contributed by atoms with Crippen molar-refractivity contribution < 1.29 is 24.4 Å². The fourth-order valence-electron chi connectivity index (χ4n) is 1.42. The highest BCUT2D eigenvalue weighted by atomic mass is 31.2. The van der Waals surface area contributed by atoms with Crippen LogP contribution in [0.15, 0.2) is 30.3 Å². The largest absolute Gasteiger partial charge is 0.356 e. The molecule has 106 valence electrons. The number of benzene rings is 1. The van der Waals surface area contributed by atoms with Gasteiger partial charge in [-0.25, -0.2) is 5.06 Å². The lowest BCUT2D eigenvalue weighted by Crippen LogP contribution is -2.24. The summed E-state index contributed by atoms with van der Waals surface area (Å²) in [6, 6.07) is 7.50. The Hall–Kier alpha value is -1.97. The molecule has 0 atom stereocenters. The normalized spacial score (nSPS) is 11.8. The first kappa shape index (κ1) is 16.1. The van der Waals surface area contributed by atoms with Crippen LogP contribution in [0.5, 0.6) is 0 Å². The molecule has 0 aliphatic rings. The van der Waals surface area contributed by atoms with Gasteiger partial charge in [0.05, 0.1) is 23.5 Å². The van der Waals surface area contributed by atoms with E-state index in [1.165, 1.54) is 24.3 Å². The molecular weight excluding hydrogens is 283 g/mol. The fraction of sp³-hybridized carbons (Fsp3) is 0.167. The number of rotatable bonds is 4. The molecule has 0 saturated carbocycles. The molecule has 0 heterocycles. The molecule has 0 aliphatic heterocycles. The molecule has 1 aromatic carbocycles. The maximum atomic E-state index is 11.4. The molecule has 1 aromatic rings. The van der Waals surface area contributed by atoms with E-state index in [-0.39, 0.29) is 17.4 Å². The van der Waals surface area contributed by atoms with Gasteiger partial charge in [-0.2, -0.15) is 5.26 Å². The first-order valence-electron chi connectivity index (χ1n) is 5.49. The summed E-state index contributed by atoms with van der Waals surface area (Å²) in [4.78, 5) is 29.4. The second-order valence-electron chi connectivity index (χ2n) is 3.92. The summed E-state index contributed by atoms with van der Waals surface area (Å²) >= 11 is 0. The van der Waals surface area contributed by atoms with Crippen molar-refractivity contribution in [1.82, 2.24) is 5.06 Å². The zero-order chi connectivity index (χ0) is 15.3. The molecule has 0 spiro atoms. The maximum absolute atomic E-state index is 11.4. The van der Waals surface area contributed by atoms with Crippen LogP contribution in [0.2, 0.25) is 0 Å². The van der Waals surface area contributed by atoms with Gasteiger partial charge in [-0.3, -0.25) is 14.6 Å². The molecule has 1 rings (SSSR count). The summed E-state index contributed by atoms with van der Waals surface area (Å²) in [6.07, 6.45) is 1.07.